The molecule has 0 unspecified atom stereocenters. The predicted molar refractivity (Wildman–Crippen MR) is 81.6 cm³/mol. The molecular weight excluding hydrogens is 232 g/mol. The van der Waals surface area contributed by atoms with Crippen LogP contribution < -0.4 is 0 Å². The van der Waals surface area contributed by atoms with Crippen molar-refractivity contribution in [2.75, 3.05) is 0 Å². The van der Waals surface area contributed by atoms with Crippen LogP contribution in [0.4, 0.5) is 0 Å². The Morgan fingerprint density at radius 3 is 2.11 bits per heavy atom. The van der Waals surface area contributed by atoms with Crippen LogP contribution in [0.2, 0.25) is 0 Å². The maximum atomic E-state index is 10.1. The first kappa shape index (κ1) is 13.4. The summed E-state index contributed by atoms with van der Waals surface area (Å²) in [5, 5.41) is 10.1. The topological polar surface area (TPSA) is 20.2 Å². The van der Waals surface area contributed by atoms with Gasteiger partial charge in [0.25, 0.3) is 0 Å². The Hall–Kier alpha value is -2.02. The molecule has 0 atom stereocenters. The normalized spacial score (nSPS) is 10.5. The van der Waals surface area contributed by atoms with Crippen LogP contribution in [0.15, 0.2) is 36.9 Å². The Bertz CT molecular complexity index is 634. The van der Waals surface area contributed by atoms with E-state index < -0.39 is 0 Å². The SMILES string of the molecule is C=C(c1ccc(C)cc1)c1c(C)cc(C)c(O)c1C. The summed E-state index contributed by atoms with van der Waals surface area (Å²) in [6.07, 6.45) is 0. The number of phenols is 1. The first-order chi connectivity index (χ1) is 8.91. The quantitative estimate of drug-likeness (QED) is 0.822. The molecule has 2 aromatic carbocycles. The number of phenolic OH excluding ortho intramolecular Hbond substituents is 1. The lowest BCUT2D eigenvalue weighted by atomic mass is 9.89. The van der Waals surface area contributed by atoms with E-state index in [-0.39, 0.29) is 0 Å². The van der Waals surface area contributed by atoms with E-state index in [1.807, 2.05) is 19.9 Å². The average molecular weight is 252 g/mol. The molecule has 0 saturated carbocycles. The van der Waals surface area contributed by atoms with Crippen LogP contribution in [0, 0.1) is 27.7 Å². The van der Waals surface area contributed by atoms with Gasteiger partial charge >= 0.3 is 0 Å². The van der Waals surface area contributed by atoms with Crippen LogP contribution >= 0.6 is 0 Å². The van der Waals surface area contributed by atoms with Crippen LogP contribution in [0.5, 0.6) is 5.75 Å². The fourth-order valence-electron chi connectivity index (χ4n) is 2.54. The lowest BCUT2D eigenvalue weighted by Gasteiger charge is -2.16. The Morgan fingerprint density at radius 1 is 0.947 bits per heavy atom. The maximum absolute atomic E-state index is 10.1. The molecule has 0 saturated heterocycles. The highest BCUT2D eigenvalue weighted by atomic mass is 16.3. The molecule has 19 heavy (non-hydrogen) atoms. The van der Waals surface area contributed by atoms with Crippen molar-refractivity contribution in [3.05, 3.63) is 70.3 Å². The van der Waals surface area contributed by atoms with E-state index in [4.69, 9.17) is 0 Å². The Kier molecular flexibility index (Phi) is 3.48. The molecule has 98 valence electrons. The summed E-state index contributed by atoms with van der Waals surface area (Å²) in [5.41, 5.74) is 7.31. The lowest BCUT2D eigenvalue weighted by Crippen LogP contribution is -1.96. The zero-order valence-electron chi connectivity index (χ0n) is 12.0. The standard InChI is InChI=1S/C18H20O/c1-11-6-8-16(9-7-11)14(4)17-12(2)10-13(3)18(19)15(17)5/h6-10,19H,4H2,1-3,5H3. The van der Waals surface area contributed by atoms with Gasteiger partial charge in [0, 0.05) is 0 Å². The summed E-state index contributed by atoms with van der Waals surface area (Å²) in [7, 11) is 0. The van der Waals surface area contributed by atoms with E-state index in [9.17, 15) is 5.11 Å². The minimum Gasteiger partial charge on any atom is -0.507 e. The largest absolute Gasteiger partial charge is 0.507 e. The van der Waals surface area contributed by atoms with Gasteiger partial charge in [-0.3, -0.25) is 0 Å². The van der Waals surface area contributed by atoms with Crippen LogP contribution in [-0.4, -0.2) is 5.11 Å². The van der Waals surface area contributed by atoms with Gasteiger partial charge in [-0.1, -0.05) is 42.5 Å². The molecule has 0 fully saturated rings. The summed E-state index contributed by atoms with van der Waals surface area (Å²) >= 11 is 0. The predicted octanol–water partition coefficient (Wildman–Crippen LogP) is 4.69. The van der Waals surface area contributed by atoms with Gasteiger partial charge in [-0.25, -0.2) is 0 Å². The third kappa shape index (κ3) is 2.41. The van der Waals surface area contributed by atoms with Gasteiger partial charge in [0.05, 0.1) is 0 Å². The number of aryl methyl sites for hydroxylation is 3. The fourth-order valence-corrected chi connectivity index (χ4v) is 2.54. The molecule has 1 N–H and O–H groups in total. The molecule has 0 aliphatic heterocycles. The highest BCUT2D eigenvalue weighted by Gasteiger charge is 2.13. The van der Waals surface area contributed by atoms with Crippen molar-refractivity contribution in [2.24, 2.45) is 0 Å². The van der Waals surface area contributed by atoms with Gasteiger partial charge < -0.3 is 5.11 Å². The van der Waals surface area contributed by atoms with Crippen molar-refractivity contribution in [3.63, 3.8) is 0 Å². The summed E-state index contributed by atoms with van der Waals surface area (Å²) < 4.78 is 0. The van der Waals surface area contributed by atoms with Gasteiger partial charge in [0.15, 0.2) is 0 Å². The maximum Gasteiger partial charge on any atom is 0.122 e. The molecule has 0 aromatic heterocycles. The zero-order valence-corrected chi connectivity index (χ0v) is 12.0. The average Bonchev–Trinajstić information content (AvgIpc) is 2.37. The van der Waals surface area contributed by atoms with Crippen molar-refractivity contribution in [1.82, 2.24) is 0 Å². The number of rotatable bonds is 2. The summed E-state index contributed by atoms with van der Waals surface area (Å²) in [5.74, 6) is 0.369. The lowest BCUT2D eigenvalue weighted by molar-refractivity contribution is 0.466. The van der Waals surface area contributed by atoms with Gasteiger partial charge in [-0.2, -0.15) is 0 Å². The van der Waals surface area contributed by atoms with Crippen LogP contribution in [0.1, 0.15) is 33.4 Å². The summed E-state index contributed by atoms with van der Waals surface area (Å²) in [6, 6.07) is 10.3. The minimum atomic E-state index is 0.369. The molecule has 0 bridgehead atoms. The molecule has 2 aromatic rings. The Morgan fingerprint density at radius 2 is 1.53 bits per heavy atom. The monoisotopic (exact) mass is 252 g/mol. The highest BCUT2D eigenvalue weighted by Crippen LogP contribution is 2.34. The molecule has 1 heteroatoms. The fraction of sp³-hybridized carbons (Fsp3) is 0.222. The molecular formula is C18H20O. The first-order valence-electron chi connectivity index (χ1n) is 6.48. The second-order valence-electron chi connectivity index (χ2n) is 5.20. The molecule has 0 heterocycles. The highest BCUT2D eigenvalue weighted by molar-refractivity contribution is 5.82. The van der Waals surface area contributed by atoms with Crippen molar-refractivity contribution in [1.29, 1.82) is 0 Å². The van der Waals surface area contributed by atoms with E-state index in [1.165, 1.54) is 5.56 Å². The van der Waals surface area contributed by atoms with Crippen LogP contribution in [0.3, 0.4) is 0 Å². The zero-order chi connectivity index (χ0) is 14.2. The van der Waals surface area contributed by atoms with E-state index in [2.05, 4.69) is 44.7 Å². The van der Waals surface area contributed by atoms with Gasteiger partial charge in [-0.05, 0) is 61.1 Å². The Labute approximate surface area is 115 Å². The van der Waals surface area contributed by atoms with Gasteiger partial charge in [0.1, 0.15) is 5.75 Å². The van der Waals surface area contributed by atoms with Gasteiger partial charge in [-0.15, -0.1) is 0 Å². The molecule has 2 rings (SSSR count). The number of aromatic hydroxyl groups is 1. The van der Waals surface area contributed by atoms with Crippen molar-refractivity contribution < 1.29 is 5.11 Å². The summed E-state index contributed by atoms with van der Waals surface area (Å²) in [6.45, 7) is 12.2. The Balaban J connectivity index is 2.56. The number of hydrogen-bond acceptors (Lipinski definition) is 1. The molecule has 0 amide bonds. The molecule has 0 aliphatic carbocycles. The number of benzene rings is 2. The van der Waals surface area contributed by atoms with Gasteiger partial charge in [0.2, 0.25) is 0 Å². The van der Waals surface area contributed by atoms with E-state index >= 15 is 0 Å². The second kappa shape index (κ2) is 4.93. The van der Waals surface area contributed by atoms with E-state index in [1.54, 1.807) is 0 Å². The smallest absolute Gasteiger partial charge is 0.122 e. The van der Waals surface area contributed by atoms with E-state index in [0.29, 0.717) is 5.75 Å². The summed E-state index contributed by atoms with van der Waals surface area (Å²) in [4.78, 5) is 0. The molecule has 0 aliphatic rings. The first-order valence-corrected chi connectivity index (χ1v) is 6.48. The van der Waals surface area contributed by atoms with E-state index in [0.717, 1.165) is 33.4 Å². The van der Waals surface area contributed by atoms with Crippen LogP contribution in [0.25, 0.3) is 5.57 Å². The number of hydrogen-bond donors (Lipinski definition) is 1. The third-order valence-electron chi connectivity index (χ3n) is 3.63. The second-order valence-corrected chi connectivity index (χ2v) is 5.20. The molecule has 0 spiro atoms. The third-order valence-corrected chi connectivity index (χ3v) is 3.63. The van der Waals surface area contributed by atoms with Crippen molar-refractivity contribution in [2.45, 2.75) is 27.7 Å². The minimum absolute atomic E-state index is 0.369. The van der Waals surface area contributed by atoms with Crippen molar-refractivity contribution >= 4 is 5.57 Å². The van der Waals surface area contributed by atoms with Crippen molar-refractivity contribution in [3.8, 4) is 5.75 Å². The molecule has 0 radical (unpaired) electrons. The van der Waals surface area contributed by atoms with Crippen LogP contribution in [-0.2, 0) is 0 Å². The molecule has 1 nitrogen and oxygen atoms in total.